The summed E-state index contributed by atoms with van der Waals surface area (Å²) in [5, 5.41) is 0. The van der Waals surface area contributed by atoms with Crippen LogP contribution < -0.4 is 4.74 Å². The second-order valence-electron chi connectivity index (χ2n) is 6.54. The molecule has 28 heavy (non-hydrogen) atoms. The number of ether oxygens (including phenoxy) is 2. The van der Waals surface area contributed by atoms with Crippen molar-refractivity contribution in [2.24, 2.45) is 0 Å². The number of rotatable bonds is 9. The molecular weight excluding hydrogens is 363 g/mol. The van der Waals surface area contributed by atoms with E-state index in [9.17, 15) is 14.0 Å². The van der Waals surface area contributed by atoms with Gasteiger partial charge in [-0.15, -0.1) is 0 Å². The fourth-order valence-electron chi connectivity index (χ4n) is 3.17. The molecule has 2 rings (SSSR count). The van der Waals surface area contributed by atoms with E-state index in [1.54, 1.807) is 32.9 Å². The van der Waals surface area contributed by atoms with Gasteiger partial charge in [0.05, 0.1) is 31.5 Å². The zero-order chi connectivity index (χ0) is 20.8. The van der Waals surface area contributed by atoms with E-state index in [-0.39, 0.29) is 24.7 Å². The van der Waals surface area contributed by atoms with E-state index in [1.807, 2.05) is 11.8 Å². The zero-order valence-electron chi connectivity index (χ0n) is 17.0. The zero-order valence-corrected chi connectivity index (χ0v) is 17.0. The summed E-state index contributed by atoms with van der Waals surface area (Å²) in [6.07, 6.45) is 0. The first-order valence-electron chi connectivity index (χ1n) is 9.26. The Morgan fingerprint density at radius 2 is 1.93 bits per heavy atom. The number of carbonyl (C=O) groups excluding carboxylic acids is 2. The number of nitrogens with zero attached hydrogens (tertiary/aromatic N) is 1. The van der Waals surface area contributed by atoms with Crippen molar-refractivity contribution in [2.45, 2.75) is 34.2 Å². The number of halogens is 1. The number of hydrogen-bond acceptors (Lipinski definition) is 5. The van der Waals surface area contributed by atoms with Crippen molar-refractivity contribution in [3.63, 3.8) is 0 Å². The number of aryl methyl sites for hydroxylation is 1. The van der Waals surface area contributed by atoms with E-state index >= 15 is 0 Å². The van der Waals surface area contributed by atoms with E-state index in [0.717, 1.165) is 5.56 Å². The number of hydrogen-bond donors (Lipinski definition) is 1. The molecule has 2 aromatic rings. The number of Topliss-reactive ketones (excluding diaryl/α,β-unsaturated/α-hetero) is 1. The highest BCUT2D eigenvalue weighted by Crippen LogP contribution is 2.21. The van der Waals surface area contributed by atoms with Gasteiger partial charge in [0.15, 0.2) is 17.3 Å². The summed E-state index contributed by atoms with van der Waals surface area (Å²) in [7, 11) is 1.42. The fourth-order valence-corrected chi connectivity index (χ4v) is 3.17. The predicted molar refractivity (Wildman–Crippen MR) is 104 cm³/mol. The molecule has 0 spiro atoms. The maximum atomic E-state index is 13.9. The molecule has 0 atom stereocenters. The molecule has 7 heteroatoms. The minimum Gasteiger partial charge on any atom is -0.494 e. The van der Waals surface area contributed by atoms with Crippen molar-refractivity contribution in [2.75, 3.05) is 26.8 Å². The molecule has 1 aromatic carbocycles. The van der Waals surface area contributed by atoms with Gasteiger partial charge in [0.1, 0.15) is 0 Å². The van der Waals surface area contributed by atoms with Gasteiger partial charge >= 0.3 is 5.97 Å². The summed E-state index contributed by atoms with van der Waals surface area (Å²) in [5.74, 6) is -0.815. The molecule has 0 saturated carbocycles. The highest BCUT2D eigenvalue weighted by Gasteiger charge is 2.23. The van der Waals surface area contributed by atoms with E-state index in [1.165, 1.54) is 13.2 Å². The summed E-state index contributed by atoms with van der Waals surface area (Å²) in [6.45, 7) is 8.61. The number of nitrogens with one attached hydrogen (secondary N) is 1. The molecule has 0 aliphatic rings. The van der Waals surface area contributed by atoms with Gasteiger partial charge in [-0.1, -0.05) is 13.0 Å². The molecular formula is C21H27FN2O4. The number of ketones is 1. The average Bonchev–Trinajstić information content (AvgIpc) is 2.95. The number of likely N-dealkylation sites (N-methyl/N-ethyl adjacent to an activating group) is 1. The number of H-pyrrole nitrogens is 1. The van der Waals surface area contributed by atoms with Crippen LogP contribution in [0.2, 0.25) is 0 Å². The monoisotopic (exact) mass is 390 g/mol. The van der Waals surface area contributed by atoms with E-state index in [0.29, 0.717) is 35.6 Å². The van der Waals surface area contributed by atoms with Crippen LogP contribution in [-0.2, 0) is 11.3 Å². The van der Waals surface area contributed by atoms with Gasteiger partial charge in [-0.2, -0.15) is 0 Å². The molecule has 1 N–H and O–H groups in total. The highest BCUT2D eigenvalue weighted by atomic mass is 19.1. The first-order chi connectivity index (χ1) is 13.3. The third-order valence-electron chi connectivity index (χ3n) is 4.63. The smallest absolute Gasteiger partial charge is 0.340 e. The Labute approximate surface area is 164 Å². The summed E-state index contributed by atoms with van der Waals surface area (Å²) >= 11 is 0. The lowest BCUT2D eigenvalue weighted by Crippen LogP contribution is -2.30. The third-order valence-corrected chi connectivity index (χ3v) is 4.63. The summed E-state index contributed by atoms with van der Waals surface area (Å²) in [5.41, 5.74) is 2.76. The largest absolute Gasteiger partial charge is 0.494 e. The van der Waals surface area contributed by atoms with Gasteiger partial charge in [0.25, 0.3) is 0 Å². The van der Waals surface area contributed by atoms with Gasteiger partial charge in [-0.3, -0.25) is 9.69 Å². The number of carbonyl (C=O) groups is 2. The van der Waals surface area contributed by atoms with Crippen molar-refractivity contribution in [1.29, 1.82) is 0 Å². The summed E-state index contributed by atoms with van der Waals surface area (Å²) in [6, 6.07) is 4.76. The molecule has 1 aromatic heterocycles. The van der Waals surface area contributed by atoms with Gasteiger partial charge in [-0.05, 0) is 50.6 Å². The van der Waals surface area contributed by atoms with E-state index in [4.69, 9.17) is 9.47 Å². The molecule has 152 valence electrons. The quantitative estimate of drug-likeness (QED) is 0.523. The van der Waals surface area contributed by atoms with Crippen molar-refractivity contribution < 1.29 is 23.5 Å². The second-order valence-corrected chi connectivity index (χ2v) is 6.54. The standard InChI is InChI=1S/C21H27FN2O4/c1-6-24(11-15-8-9-18(27-5)16(22)10-15)12-17(25)20-13(3)19(14(4)23-20)21(26)28-7-2/h8-10,23H,6-7,11-12H2,1-5H3. The molecule has 0 aliphatic heterocycles. The fraction of sp³-hybridized carbons (Fsp3) is 0.429. The molecule has 0 bridgehead atoms. The number of benzene rings is 1. The Morgan fingerprint density at radius 3 is 2.50 bits per heavy atom. The summed E-state index contributed by atoms with van der Waals surface area (Å²) < 4.78 is 23.9. The molecule has 0 amide bonds. The van der Waals surface area contributed by atoms with E-state index in [2.05, 4.69) is 4.98 Å². The number of aromatic amines is 1. The summed E-state index contributed by atoms with van der Waals surface area (Å²) in [4.78, 5) is 29.9. The molecule has 0 unspecified atom stereocenters. The van der Waals surface area contributed by atoms with Crippen molar-refractivity contribution >= 4 is 11.8 Å². The Morgan fingerprint density at radius 1 is 1.21 bits per heavy atom. The van der Waals surface area contributed by atoms with Gasteiger partial charge in [0.2, 0.25) is 0 Å². The van der Waals surface area contributed by atoms with Crippen LogP contribution in [0.5, 0.6) is 5.75 Å². The van der Waals surface area contributed by atoms with Crippen LogP contribution >= 0.6 is 0 Å². The minimum atomic E-state index is -0.436. The van der Waals surface area contributed by atoms with Crippen LogP contribution in [0, 0.1) is 19.7 Å². The Kier molecular flexibility index (Phi) is 7.34. The molecule has 6 nitrogen and oxygen atoms in total. The molecule has 1 heterocycles. The number of methoxy groups -OCH3 is 1. The third kappa shape index (κ3) is 4.78. The van der Waals surface area contributed by atoms with Crippen molar-refractivity contribution in [3.05, 3.63) is 52.1 Å². The average molecular weight is 390 g/mol. The number of aromatic nitrogens is 1. The van der Waals surface area contributed by atoms with Gasteiger partial charge < -0.3 is 14.5 Å². The maximum Gasteiger partial charge on any atom is 0.340 e. The predicted octanol–water partition coefficient (Wildman–Crippen LogP) is 3.66. The van der Waals surface area contributed by atoms with Crippen LogP contribution in [0.1, 0.15) is 51.5 Å². The van der Waals surface area contributed by atoms with Gasteiger partial charge in [0, 0.05) is 12.2 Å². The molecule has 0 saturated heterocycles. The van der Waals surface area contributed by atoms with Crippen molar-refractivity contribution in [1.82, 2.24) is 9.88 Å². The SMILES string of the molecule is CCOC(=O)c1c(C)[nH]c(C(=O)CN(CC)Cc2ccc(OC)c(F)c2)c1C. The Balaban J connectivity index is 2.15. The first kappa shape index (κ1) is 21.6. The lowest BCUT2D eigenvalue weighted by Gasteiger charge is -2.20. The van der Waals surface area contributed by atoms with Crippen LogP contribution in [0.3, 0.4) is 0 Å². The Bertz CT molecular complexity index is 860. The molecule has 0 radical (unpaired) electrons. The van der Waals surface area contributed by atoms with Crippen LogP contribution in [-0.4, -0.2) is 48.4 Å². The van der Waals surface area contributed by atoms with Crippen LogP contribution in [0.4, 0.5) is 4.39 Å². The topological polar surface area (TPSA) is 71.6 Å². The Hall–Kier alpha value is -2.67. The highest BCUT2D eigenvalue weighted by molar-refractivity contribution is 6.02. The first-order valence-corrected chi connectivity index (χ1v) is 9.26. The normalized spacial score (nSPS) is 11.0. The second kappa shape index (κ2) is 9.50. The number of esters is 1. The lowest BCUT2D eigenvalue weighted by atomic mass is 10.1. The van der Waals surface area contributed by atoms with Crippen LogP contribution in [0.25, 0.3) is 0 Å². The molecule has 0 aliphatic carbocycles. The molecule has 0 fully saturated rings. The van der Waals surface area contributed by atoms with Crippen LogP contribution in [0.15, 0.2) is 18.2 Å². The van der Waals surface area contributed by atoms with Gasteiger partial charge in [-0.25, -0.2) is 9.18 Å². The van der Waals surface area contributed by atoms with Crippen molar-refractivity contribution in [3.8, 4) is 5.75 Å². The van der Waals surface area contributed by atoms with E-state index < -0.39 is 11.8 Å². The maximum absolute atomic E-state index is 13.9. The minimum absolute atomic E-state index is 0.132. The lowest BCUT2D eigenvalue weighted by molar-refractivity contribution is 0.0525.